The number of ether oxygens (including phenoxy) is 1. The average molecular weight is 328 g/mol. The van der Waals surface area contributed by atoms with E-state index in [9.17, 15) is 9.59 Å². The van der Waals surface area contributed by atoms with E-state index in [4.69, 9.17) is 9.15 Å². The molecule has 3 rings (SSSR count). The van der Waals surface area contributed by atoms with Gasteiger partial charge in [0, 0.05) is 22.9 Å². The van der Waals surface area contributed by atoms with Crippen molar-refractivity contribution in [1.82, 2.24) is 0 Å². The quantitative estimate of drug-likeness (QED) is 0.775. The van der Waals surface area contributed by atoms with E-state index in [0.717, 1.165) is 28.9 Å². The Kier molecular flexibility index (Phi) is 4.74. The van der Waals surface area contributed by atoms with Crippen molar-refractivity contribution in [3.63, 3.8) is 0 Å². The molecule has 0 N–H and O–H groups in total. The SMILES string of the molecule is CC(=O)Cc1c(C)c2ccc(OCC3CCCC3)c(C)c2oc1=O. The summed E-state index contributed by atoms with van der Waals surface area (Å²) in [6, 6.07) is 3.87. The van der Waals surface area contributed by atoms with Crippen molar-refractivity contribution in [2.75, 3.05) is 6.61 Å². The highest BCUT2D eigenvalue weighted by Gasteiger charge is 2.18. The fraction of sp³-hybridized carbons (Fsp3) is 0.500. The number of aryl methyl sites for hydroxylation is 2. The minimum Gasteiger partial charge on any atom is -0.493 e. The Bertz CT molecular complexity index is 826. The second-order valence-electron chi connectivity index (χ2n) is 6.90. The number of rotatable bonds is 5. The van der Waals surface area contributed by atoms with E-state index in [2.05, 4.69) is 0 Å². The molecule has 1 heterocycles. The second-order valence-corrected chi connectivity index (χ2v) is 6.90. The highest BCUT2D eigenvalue weighted by atomic mass is 16.5. The predicted molar refractivity (Wildman–Crippen MR) is 93.8 cm³/mol. The van der Waals surface area contributed by atoms with Gasteiger partial charge in [-0.05, 0) is 57.2 Å². The molecule has 4 heteroatoms. The summed E-state index contributed by atoms with van der Waals surface area (Å²) in [7, 11) is 0. The number of ketones is 1. The van der Waals surface area contributed by atoms with Gasteiger partial charge in [-0.15, -0.1) is 0 Å². The van der Waals surface area contributed by atoms with E-state index < -0.39 is 5.63 Å². The van der Waals surface area contributed by atoms with Gasteiger partial charge < -0.3 is 9.15 Å². The number of carbonyl (C=O) groups excluding carboxylic acids is 1. The zero-order valence-corrected chi connectivity index (χ0v) is 14.6. The second kappa shape index (κ2) is 6.80. The van der Waals surface area contributed by atoms with Crippen LogP contribution in [0.15, 0.2) is 21.3 Å². The normalized spacial score (nSPS) is 15.1. The van der Waals surface area contributed by atoms with E-state index in [1.807, 2.05) is 26.0 Å². The van der Waals surface area contributed by atoms with Crippen LogP contribution < -0.4 is 10.4 Å². The van der Waals surface area contributed by atoms with Gasteiger partial charge in [0.15, 0.2) is 0 Å². The fourth-order valence-electron chi connectivity index (χ4n) is 3.57. The number of hydrogen-bond acceptors (Lipinski definition) is 4. The van der Waals surface area contributed by atoms with Gasteiger partial charge in [-0.25, -0.2) is 4.79 Å². The van der Waals surface area contributed by atoms with Crippen molar-refractivity contribution in [2.45, 2.75) is 52.9 Å². The topological polar surface area (TPSA) is 56.5 Å². The summed E-state index contributed by atoms with van der Waals surface area (Å²) in [5.74, 6) is 1.36. The summed E-state index contributed by atoms with van der Waals surface area (Å²) in [6.45, 7) is 5.99. The Labute approximate surface area is 141 Å². The van der Waals surface area contributed by atoms with Gasteiger partial charge in [0.25, 0.3) is 0 Å². The maximum absolute atomic E-state index is 12.3. The van der Waals surface area contributed by atoms with Crippen molar-refractivity contribution in [3.05, 3.63) is 39.2 Å². The van der Waals surface area contributed by atoms with Gasteiger partial charge in [-0.3, -0.25) is 4.79 Å². The molecule has 1 aromatic heterocycles. The monoisotopic (exact) mass is 328 g/mol. The first kappa shape index (κ1) is 16.7. The summed E-state index contributed by atoms with van der Waals surface area (Å²) in [5.41, 5.74) is 2.26. The number of benzene rings is 1. The van der Waals surface area contributed by atoms with Crippen LogP contribution in [0.3, 0.4) is 0 Å². The lowest BCUT2D eigenvalue weighted by Crippen LogP contribution is -2.14. The average Bonchev–Trinajstić information content (AvgIpc) is 3.05. The molecule has 0 atom stereocenters. The van der Waals surface area contributed by atoms with E-state index in [0.29, 0.717) is 17.1 Å². The molecular weight excluding hydrogens is 304 g/mol. The molecule has 0 saturated heterocycles. The van der Waals surface area contributed by atoms with Crippen LogP contribution >= 0.6 is 0 Å². The van der Waals surface area contributed by atoms with Crippen LogP contribution in [0.25, 0.3) is 11.0 Å². The van der Waals surface area contributed by atoms with Gasteiger partial charge in [0.1, 0.15) is 17.1 Å². The Morgan fingerprint density at radius 1 is 1.21 bits per heavy atom. The van der Waals surface area contributed by atoms with Crippen molar-refractivity contribution in [2.24, 2.45) is 5.92 Å². The summed E-state index contributed by atoms with van der Waals surface area (Å²) >= 11 is 0. The van der Waals surface area contributed by atoms with Crippen LogP contribution in [0.2, 0.25) is 0 Å². The number of fused-ring (bicyclic) bond motifs is 1. The van der Waals surface area contributed by atoms with Crippen LogP contribution in [0.5, 0.6) is 5.75 Å². The maximum atomic E-state index is 12.3. The van der Waals surface area contributed by atoms with Crippen LogP contribution in [0, 0.1) is 19.8 Å². The zero-order valence-electron chi connectivity index (χ0n) is 14.6. The Balaban J connectivity index is 1.96. The maximum Gasteiger partial charge on any atom is 0.340 e. The number of carbonyl (C=O) groups is 1. The highest BCUT2D eigenvalue weighted by molar-refractivity contribution is 5.87. The van der Waals surface area contributed by atoms with Crippen LogP contribution in [0.4, 0.5) is 0 Å². The smallest absolute Gasteiger partial charge is 0.340 e. The molecule has 0 amide bonds. The van der Waals surface area contributed by atoms with Crippen molar-refractivity contribution in [1.29, 1.82) is 0 Å². The molecule has 24 heavy (non-hydrogen) atoms. The van der Waals surface area contributed by atoms with Crippen molar-refractivity contribution < 1.29 is 13.9 Å². The molecule has 0 bridgehead atoms. The predicted octanol–water partition coefficient (Wildman–Crippen LogP) is 4.11. The minimum atomic E-state index is -0.425. The molecular formula is C20H24O4. The first-order valence-electron chi connectivity index (χ1n) is 8.65. The highest BCUT2D eigenvalue weighted by Crippen LogP contribution is 2.31. The molecule has 0 radical (unpaired) electrons. The summed E-state index contributed by atoms with van der Waals surface area (Å²) in [6.07, 6.45) is 5.16. The molecule has 128 valence electrons. The first-order chi connectivity index (χ1) is 11.5. The van der Waals surface area contributed by atoms with Crippen LogP contribution in [-0.2, 0) is 11.2 Å². The Morgan fingerprint density at radius 2 is 1.92 bits per heavy atom. The van der Waals surface area contributed by atoms with Crippen LogP contribution in [0.1, 0.15) is 49.3 Å². The lowest BCUT2D eigenvalue weighted by molar-refractivity contribution is -0.116. The van der Waals surface area contributed by atoms with Gasteiger partial charge >= 0.3 is 5.63 Å². The number of hydrogen-bond donors (Lipinski definition) is 0. The van der Waals surface area contributed by atoms with Crippen molar-refractivity contribution >= 4 is 16.8 Å². The third-order valence-corrected chi connectivity index (χ3v) is 5.03. The minimum absolute atomic E-state index is 0.0435. The number of Topliss-reactive ketones (excluding diaryl/α,β-unsaturated/α-hetero) is 1. The fourth-order valence-corrected chi connectivity index (χ4v) is 3.57. The summed E-state index contributed by atoms with van der Waals surface area (Å²) in [5, 5.41) is 0.872. The molecule has 1 aromatic carbocycles. The lowest BCUT2D eigenvalue weighted by Gasteiger charge is -2.15. The molecule has 0 aliphatic heterocycles. The molecule has 1 saturated carbocycles. The van der Waals surface area contributed by atoms with E-state index in [1.165, 1.54) is 32.6 Å². The Morgan fingerprint density at radius 3 is 2.58 bits per heavy atom. The summed E-state index contributed by atoms with van der Waals surface area (Å²) in [4.78, 5) is 23.6. The third-order valence-electron chi connectivity index (χ3n) is 5.03. The van der Waals surface area contributed by atoms with Crippen LogP contribution in [-0.4, -0.2) is 12.4 Å². The molecule has 1 fully saturated rings. The largest absolute Gasteiger partial charge is 0.493 e. The lowest BCUT2D eigenvalue weighted by atomic mass is 10.0. The first-order valence-corrected chi connectivity index (χ1v) is 8.65. The zero-order chi connectivity index (χ0) is 17.3. The molecule has 1 aliphatic carbocycles. The van der Waals surface area contributed by atoms with E-state index >= 15 is 0 Å². The molecule has 0 spiro atoms. The van der Waals surface area contributed by atoms with Gasteiger partial charge in [-0.2, -0.15) is 0 Å². The van der Waals surface area contributed by atoms with E-state index in [-0.39, 0.29) is 12.2 Å². The molecule has 2 aromatic rings. The molecule has 4 nitrogen and oxygen atoms in total. The van der Waals surface area contributed by atoms with Gasteiger partial charge in [0.2, 0.25) is 0 Å². The molecule has 0 unspecified atom stereocenters. The van der Waals surface area contributed by atoms with Crippen molar-refractivity contribution in [3.8, 4) is 5.75 Å². The standard InChI is InChI=1S/C20H24O4/c1-12(21)10-17-13(2)16-8-9-18(14(3)19(16)24-20(17)22)23-11-15-6-4-5-7-15/h8-9,15H,4-7,10-11H2,1-3H3. The third kappa shape index (κ3) is 3.23. The van der Waals surface area contributed by atoms with Gasteiger partial charge in [-0.1, -0.05) is 12.8 Å². The molecule has 1 aliphatic rings. The Hall–Kier alpha value is -2.10. The van der Waals surface area contributed by atoms with Gasteiger partial charge in [0.05, 0.1) is 6.61 Å². The summed E-state index contributed by atoms with van der Waals surface area (Å²) < 4.78 is 11.5. The van der Waals surface area contributed by atoms with E-state index in [1.54, 1.807) is 0 Å².